The molecule has 0 saturated heterocycles. The number of carbonyl (C=O) groups excluding carboxylic acids is 1. The zero-order valence-corrected chi connectivity index (χ0v) is 12.4. The number of rotatable bonds is 3. The smallest absolute Gasteiger partial charge is 0.249 e. The molecule has 21 heavy (non-hydrogen) atoms. The van der Waals surface area contributed by atoms with Crippen LogP contribution >= 0.6 is 0 Å². The van der Waals surface area contributed by atoms with Crippen molar-refractivity contribution in [3.8, 4) is 0 Å². The number of aromatic nitrogens is 6. The van der Waals surface area contributed by atoms with Crippen LogP contribution in [-0.2, 0) is 18.9 Å². The lowest BCUT2D eigenvalue weighted by molar-refractivity contribution is -0.119. The molecular weight excluding hydrogens is 270 g/mol. The summed E-state index contributed by atoms with van der Waals surface area (Å²) in [5, 5.41) is 15.6. The van der Waals surface area contributed by atoms with E-state index in [0.717, 1.165) is 16.7 Å². The van der Waals surface area contributed by atoms with Gasteiger partial charge in [0.05, 0.1) is 23.8 Å². The van der Waals surface area contributed by atoms with Gasteiger partial charge in [-0.1, -0.05) is 0 Å². The number of fused-ring (bicyclic) bond motifs is 1. The lowest BCUT2D eigenvalue weighted by atomic mass is 10.3. The molecule has 0 aliphatic rings. The molecule has 0 aromatic carbocycles. The van der Waals surface area contributed by atoms with E-state index in [1.807, 2.05) is 20.2 Å². The van der Waals surface area contributed by atoms with Crippen LogP contribution in [0.5, 0.6) is 0 Å². The van der Waals surface area contributed by atoms with Gasteiger partial charge in [-0.05, 0) is 13.8 Å². The number of anilines is 1. The lowest BCUT2D eigenvalue weighted by Crippen LogP contribution is -2.24. The Morgan fingerprint density at radius 1 is 1.29 bits per heavy atom. The molecule has 1 amide bonds. The second-order valence-electron chi connectivity index (χ2n) is 5.12. The van der Waals surface area contributed by atoms with Crippen LogP contribution in [0.1, 0.15) is 18.7 Å². The molecule has 3 aromatic heterocycles. The quantitative estimate of drug-likeness (QED) is 0.779. The Morgan fingerprint density at radius 3 is 2.67 bits per heavy atom. The average Bonchev–Trinajstić information content (AvgIpc) is 3.09. The SMILES string of the molecule is Cc1nn(C)c2cn([C@H](C)C(=O)Nc3cnn(C)c3)nc12. The zero-order valence-electron chi connectivity index (χ0n) is 12.4. The van der Waals surface area contributed by atoms with Crippen LogP contribution in [0, 0.1) is 6.92 Å². The average molecular weight is 287 g/mol. The molecule has 0 aliphatic heterocycles. The van der Waals surface area contributed by atoms with E-state index in [1.165, 1.54) is 0 Å². The van der Waals surface area contributed by atoms with E-state index in [9.17, 15) is 4.79 Å². The minimum atomic E-state index is -0.419. The van der Waals surface area contributed by atoms with Crippen molar-refractivity contribution in [2.75, 3.05) is 5.32 Å². The molecule has 0 unspecified atom stereocenters. The fourth-order valence-electron chi connectivity index (χ4n) is 2.25. The van der Waals surface area contributed by atoms with Gasteiger partial charge in [-0.3, -0.25) is 18.8 Å². The van der Waals surface area contributed by atoms with Gasteiger partial charge in [0.1, 0.15) is 17.1 Å². The summed E-state index contributed by atoms with van der Waals surface area (Å²) in [6.07, 6.45) is 5.19. The van der Waals surface area contributed by atoms with Crippen molar-refractivity contribution in [2.24, 2.45) is 14.1 Å². The Morgan fingerprint density at radius 2 is 2.05 bits per heavy atom. The van der Waals surface area contributed by atoms with Gasteiger partial charge in [0.25, 0.3) is 0 Å². The highest BCUT2D eigenvalue weighted by molar-refractivity contribution is 5.93. The van der Waals surface area contributed by atoms with Gasteiger partial charge in [-0.25, -0.2) is 0 Å². The monoisotopic (exact) mass is 287 g/mol. The van der Waals surface area contributed by atoms with Crippen LogP contribution in [0.2, 0.25) is 0 Å². The maximum Gasteiger partial charge on any atom is 0.249 e. The Bertz CT molecular complexity index is 775. The number of aryl methyl sites for hydroxylation is 3. The second-order valence-corrected chi connectivity index (χ2v) is 5.12. The minimum absolute atomic E-state index is 0.138. The molecule has 1 N–H and O–H groups in total. The van der Waals surface area contributed by atoms with Crippen molar-refractivity contribution in [2.45, 2.75) is 19.9 Å². The van der Waals surface area contributed by atoms with Crippen molar-refractivity contribution >= 4 is 22.6 Å². The fraction of sp³-hybridized carbons (Fsp3) is 0.385. The number of hydrogen-bond acceptors (Lipinski definition) is 4. The minimum Gasteiger partial charge on any atom is -0.322 e. The second kappa shape index (κ2) is 4.72. The molecular formula is C13H17N7O. The van der Waals surface area contributed by atoms with Crippen LogP contribution in [0.3, 0.4) is 0 Å². The van der Waals surface area contributed by atoms with Gasteiger partial charge in [0.2, 0.25) is 5.91 Å². The van der Waals surface area contributed by atoms with Gasteiger partial charge in [-0.2, -0.15) is 15.3 Å². The van der Waals surface area contributed by atoms with Gasteiger partial charge in [0.15, 0.2) is 0 Å². The zero-order chi connectivity index (χ0) is 15.1. The Labute approximate surface area is 121 Å². The molecule has 8 heteroatoms. The van der Waals surface area contributed by atoms with Crippen LogP contribution < -0.4 is 5.32 Å². The Kier molecular flexibility index (Phi) is 3.00. The summed E-state index contributed by atoms with van der Waals surface area (Å²) in [5.41, 5.74) is 3.25. The highest BCUT2D eigenvalue weighted by atomic mass is 16.2. The van der Waals surface area contributed by atoms with E-state index >= 15 is 0 Å². The first kappa shape index (κ1) is 13.3. The maximum atomic E-state index is 12.3. The summed E-state index contributed by atoms with van der Waals surface area (Å²) in [5.74, 6) is -0.138. The van der Waals surface area contributed by atoms with Crippen molar-refractivity contribution in [3.63, 3.8) is 0 Å². The number of nitrogens with zero attached hydrogens (tertiary/aromatic N) is 6. The molecule has 0 fully saturated rings. The maximum absolute atomic E-state index is 12.3. The van der Waals surface area contributed by atoms with E-state index < -0.39 is 6.04 Å². The van der Waals surface area contributed by atoms with Gasteiger partial charge in [-0.15, -0.1) is 0 Å². The predicted octanol–water partition coefficient (Wildman–Crippen LogP) is 1.01. The molecule has 0 radical (unpaired) electrons. The van der Waals surface area contributed by atoms with Gasteiger partial charge in [0, 0.05) is 20.3 Å². The van der Waals surface area contributed by atoms with E-state index in [0.29, 0.717) is 5.69 Å². The molecule has 0 saturated carbocycles. The third-order valence-corrected chi connectivity index (χ3v) is 3.45. The normalized spacial score (nSPS) is 12.8. The Balaban J connectivity index is 1.84. The van der Waals surface area contributed by atoms with Crippen LogP contribution in [0.4, 0.5) is 5.69 Å². The summed E-state index contributed by atoms with van der Waals surface area (Å²) >= 11 is 0. The predicted molar refractivity (Wildman–Crippen MR) is 77.8 cm³/mol. The van der Waals surface area contributed by atoms with Crippen molar-refractivity contribution < 1.29 is 4.79 Å². The third kappa shape index (κ3) is 2.28. The van der Waals surface area contributed by atoms with E-state index in [2.05, 4.69) is 20.6 Å². The molecule has 110 valence electrons. The number of amides is 1. The highest BCUT2D eigenvalue weighted by Crippen LogP contribution is 2.18. The lowest BCUT2D eigenvalue weighted by Gasteiger charge is -2.11. The number of hydrogen-bond donors (Lipinski definition) is 1. The summed E-state index contributed by atoms with van der Waals surface area (Å²) < 4.78 is 5.06. The fourth-order valence-corrected chi connectivity index (χ4v) is 2.25. The summed E-state index contributed by atoms with van der Waals surface area (Å²) in [7, 11) is 3.66. The number of carbonyl (C=O) groups is 1. The van der Waals surface area contributed by atoms with E-state index in [1.54, 1.807) is 40.4 Å². The van der Waals surface area contributed by atoms with Gasteiger partial charge < -0.3 is 5.32 Å². The molecule has 3 aromatic rings. The van der Waals surface area contributed by atoms with E-state index in [-0.39, 0.29) is 5.91 Å². The molecule has 0 bridgehead atoms. The molecule has 8 nitrogen and oxygen atoms in total. The molecule has 0 aliphatic carbocycles. The first-order chi connectivity index (χ1) is 9.95. The topological polar surface area (TPSA) is 82.6 Å². The molecule has 3 heterocycles. The summed E-state index contributed by atoms with van der Waals surface area (Å²) in [6, 6.07) is -0.419. The standard InChI is InChI=1S/C13H17N7O/c1-8-12-11(19(4)16-8)7-20(17-12)9(2)13(21)15-10-5-14-18(3)6-10/h5-7,9H,1-4H3,(H,15,21)/t9-/m1/s1. The summed E-state index contributed by atoms with van der Waals surface area (Å²) in [6.45, 7) is 3.71. The van der Waals surface area contributed by atoms with E-state index in [4.69, 9.17) is 0 Å². The van der Waals surface area contributed by atoms with Crippen LogP contribution in [0.15, 0.2) is 18.6 Å². The third-order valence-electron chi connectivity index (χ3n) is 3.45. The van der Waals surface area contributed by atoms with Crippen molar-refractivity contribution in [1.29, 1.82) is 0 Å². The molecule has 3 rings (SSSR count). The Hall–Kier alpha value is -2.64. The highest BCUT2D eigenvalue weighted by Gasteiger charge is 2.19. The van der Waals surface area contributed by atoms with Crippen LogP contribution in [0.25, 0.3) is 11.0 Å². The number of nitrogens with one attached hydrogen (secondary N) is 1. The van der Waals surface area contributed by atoms with Crippen LogP contribution in [-0.4, -0.2) is 35.2 Å². The summed E-state index contributed by atoms with van der Waals surface area (Å²) in [4.78, 5) is 12.3. The van der Waals surface area contributed by atoms with Crippen molar-refractivity contribution in [3.05, 3.63) is 24.3 Å². The first-order valence-corrected chi connectivity index (χ1v) is 6.63. The van der Waals surface area contributed by atoms with Crippen molar-refractivity contribution in [1.82, 2.24) is 29.3 Å². The first-order valence-electron chi connectivity index (χ1n) is 6.63. The molecule has 0 spiro atoms. The largest absolute Gasteiger partial charge is 0.322 e. The van der Waals surface area contributed by atoms with Gasteiger partial charge >= 0.3 is 0 Å². The molecule has 1 atom stereocenters.